The zero-order chi connectivity index (χ0) is 12.0. The van der Waals surface area contributed by atoms with Crippen LogP contribution in [-0.2, 0) is 0 Å². The van der Waals surface area contributed by atoms with Crippen molar-refractivity contribution in [1.29, 1.82) is 0 Å². The summed E-state index contributed by atoms with van der Waals surface area (Å²) < 4.78 is 0. The van der Waals surface area contributed by atoms with E-state index in [0.29, 0.717) is 22.1 Å². The van der Waals surface area contributed by atoms with Gasteiger partial charge in [0.25, 0.3) is 0 Å². The molecule has 0 saturated heterocycles. The van der Waals surface area contributed by atoms with Crippen LogP contribution in [0, 0.1) is 0 Å². The Morgan fingerprint density at radius 3 is 1.25 bits per heavy atom. The summed E-state index contributed by atoms with van der Waals surface area (Å²) in [5.74, 6) is 0. The molecule has 3 nitrogen and oxygen atoms in total. The quantitative estimate of drug-likeness (QED) is 0.615. The number of halogens is 1. The minimum atomic E-state index is 0.618. The molecule has 6 N–H and O–H groups in total. The van der Waals surface area contributed by atoms with Gasteiger partial charge in [0.2, 0.25) is 0 Å². The first-order valence-electron chi connectivity index (χ1n) is 4.71. The lowest BCUT2D eigenvalue weighted by Crippen LogP contribution is -1.91. The number of rotatable bonds is 0. The molecule has 0 bridgehead atoms. The largest absolute Gasteiger partial charge is 0.398 e. The van der Waals surface area contributed by atoms with Gasteiger partial charge in [0, 0.05) is 0 Å². The number of nitrogen functional groups attached to an aromatic ring is 3. The molecule has 84 valence electrons. The van der Waals surface area contributed by atoms with E-state index >= 15 is 0 Å². The molecule has 4 heteroatoms. The Balaban J connectivity index is 0.000000160. The van der Waals surface area contributed by atoms with E-state index in [9.17, 15) is 0 Å². The monoisotopic (exact) mass is 235 g/mol. The maximum absolute atomic E-state index is 5.58. The zero-order valence-corrected chi connectivity index (χ0v) is 9.48. The molecule has 16 heavy (non-hydrogen) atoms. The van der Waals surface area contributed by atoms with Gasteiger partial charge in [-0.15, -0.1) is 0 Å². The summed E-state index contributed by atoms with van der Waals surface area (Å²) >= 11 is 5.58. The van der Waals surface area contributed by atoms with Crippen LogP contribution in [0.25, 0.3) is 0 Å². The Kier molecular flexibility index (Phi) is 4.48. The number of para-hydroxylation sites is 3. The van der Waals surface area contributed by atoms with Crippen molar-refractivity contribution in [2.45, 2.75) is 0 Å². The lowest BCUT2D eigenvalue weighted by Gasteiger charge is -1.94. The van der Waals surface area contributed by atoms with Crippen molar-refractivity contribution in [2.24, 2.45) is 0 Å². The minimum Gasteiger partial charge on any atom is -0.398 e. The van der Waals surface area contributed by atoms with Crippen LogP contribution >= 0.6 is 11.6 Å². The second-order valence-electron chi connectivity index (χ2n) is 3.15. The number of anilines is 3. The fourth-order valence-electron chi connectivity index (χ4n) is 0.986. The van der Waals surface area contributed by atoms with Crippen molar-refractivity contribution >= 4 is 28.7 Å². The van der Waals surface area contributed by atoms with E-state index in [1.54, 1.807) is 24.3 Å². The summed E-state index contributed by atoms with van der Waals surface area (Å²) in [6.07, 6.45) is 0. The normalized spacial score (nSPS) is 9.06. The van der Waals surface area contributed by atoms with Crippen LogP contribution in [0.3, 0.4) is 0 Å². The van der Waals surface area contributed by atoms with Gasteiger partial charge in [0.1, 0.15) is 0 Å². The molecule has 0 atom stereocenters. The molecule has 0 heterocycles. The number of nitrogens with two attached hydrogens (primary N) is 3. The maximum atomic E-state index is 5.58. The highest BCUT2D eigenvalue weighted by Crippen LogP contribution is 2.15. The SMILES string of the molecule is Nc1ccccc1Cl.Nc1ccccc1N. The molecule has 0 unspecified atom stereocenters. The fraction of sp³-hybridized carbons (Fsp3) is 0. The molecule has 0 saturated carbocycles. The standard InChI is InChI=1S/C6H6ClN.C6H8N2/c2*7-5-3-1-2-4-6(5)8/h1-4H,8H2;1-4H,7-8H2. The van der Waals surface area contributed by atoms with Gasteiger partial charge < -0.3 is 17.2 Å². The molecular weight excluding hydrogens is 222 g/mol. The Morgan fingerprint density at radius 2 is 1.00 bits per heavy atom. The molecule has 0 aliphatic rings. The second-order valence-corrected chi connectivity index (χ2v) is 3.56. The van der Waals surface area contributed by atoms with Crippen LogP contribution in [0.15, 0.2) is 48.5 Å². The third-order valence-corrected chi connectivity index (χ3v) is 2.25. The van der Waals surface area contributed by atoms with Crippen molar-refractivity contribution < 1.29 is 0 Å². The van der Waals surface area contributed by atoms with Gasteiger partial charge in [-0.05, 0) is 24.3 Å². The van der Waals surface area contributed by atoms with Gasteiger partial charge in [-0.3, -0.25) is 0 Å². The van der Waals surface area contributed by atoms with Crippen LogP contribution in [0.2, 0.25) is 5.02 Å². The van der Waals surface area contributed by atoms with Gasteiger partial charge in [-0.1, -0.05) is 35.9 Å². The van der Waals surface area contributed by atoms with E-state index in [2.05, 4.69) is 0 Å². The van der Waals surface area contributed by atoms with Crippen molar-refractivity contribution in [1.82, 2.24) is 0 Å². The molecule has 0 spiro atoms. The van der Waals surface area contributed by atoms with Crippen molar-refractivity contribution in [2.75, 3.05) is 17.2 Å². The van der Waals surface area contributed by atoms with Crippen molar-refractivity contribution in [3.63, 3.8) is 0 Å². The highest BCUT2D eigenvalue weighted by Gasteiger charge is 1.87. The average molecular weight is 236 g/mol. The first-order valence-corrected chi connectivity index (χ1v) is 5.09. The third kappa shape index (κ3) is 3.71. The number of benzene rings is 2. The van der Waals surface area contributed by atoms with Crippen molar-refractivity contribution in [3.8, 4) is 0 Å². The van der Waals surface area contributed by atoms with E-state index in [0.717, 1.165) is 0 Å². The fourth-order valence-corrected chi connectivity index (χ4v) is 1.12. The molecule has 2 aromatic carbocycles. The third-order valence-electron chi connectivity index (χ3n) is 1.90. The minimum absolute atomic E-state index is 0.618. The summed E-state index contributed by atoms with van der Waals surface area (Å²) in [6, 6.07) is 14.5. The van der Waals surface area contributed by atoms with Crippen LogP contribution < -0.4 is 17.2 Å². The van der Waals surface area contributed by atoms with Crippen LogP contribution in [-0.4, -0.2) is 0 Å². The van der Waals surface area contributed by atoms with E-state index in [1.807, 2.05) is 24.3 Å². The predicted molar refractivity (Wildman–Crippen MR) is 71.1 cm³/mol. The molecular formula is C12H14ClN3. The lowest BCUT2D eigenvalue weighted by molar-refractivity contribution is 1.67. The maximum Gasteiger partial charge on any atom is 0.0635 e. The summed E-state index contributed by atoms with van der Waals surface area (Å²) in [5, 5.41) is 0.618. The van der Waals surface area contributed by atoms with E-state index < -0.39 is 0 Å². The Hall–Kier alpha value is -1.87. The van der Waals surface area contributed by atoms with E-state index in [-0.39, 0.29) is 0 Å². The smallest absolute Gasteiger partial charge is 0.0635 e. The zero-order valence-electron chi connectivity index (χ0n) is 8.73. The van der Waals surface area contributed by atoms with Gasteiger partial charge in [0.05, 0.1) is 22.1 Å². The van der Waals surface area contributed by atoms with Gasteiger partial charge >= 0.3 is 0 Å². The van der Waals surface area contributed by atoms with E-state index in [4.69, 9.17) is 28.8 Å². The molecule has 0 fully saturated rings. The second kappa shape index (κ2) is 5.88. The molecule has 0 radical (unpaired) electrons. The van der Waals surface area contributed by atoms with Crippen molar-refractivity contribution in [3.05, 3.63) is 53.6 Å². The van der Waals surface area contributed by atoms with Gasteiger partial charge in [-0.25, -0.2) is 0 Å². The topological polar surface area (TPSA) is 78.1 Å². The highest BCUT2D eigenvalue weighted by molar-refractivity contribution is 6.33. The highest BCUT2D eigenvalue weighted by atomic mass is 35.5. The summed E-state index contributed by atoms with van der Waals surface area (Å²) in [4.78, 5) is 0. The average Bonchev–Trinajstić information content (AvgIpc) is 2.28. The molecule has 0 aromatic heterocycles. The van der Waals surface area contributed by atoms with Crippen LogP contribution in [0.4, 0.5) is 17.1 Å². The van der Waals surface area contributed by atoms with Gasteiger partial charge in [-0.2, -0.15) is 0 Å². The van der Waals surface area contributed by atoms with E-state index in [1.165, 1.54) is 0 Å². The molecule has 2 aromatic rings. The summed E-state index contributed by atoms with van der Waals surface area (Å²) in [5.41, 5.74) is 18.1. The summed E-state index contributed by atoms with van der Waals surface area (Å²) in [7, 11) is 0. The molecule has 0 aliphatic carbocycles. The number of hydrogen-bond acceptors (Lipinski definition) is 3. The first-order chi connectivity index (χ1) is 7.61. The lowest BCUT2D eigenvalue weighted by atomic mass is 10.3. The summed E-state index contributed by atoms with van der Waals surface area (Å²) in [6.45, 7) is 0. The molecule has 0 amide bonds. The Bertz CT molecular complexity index is 372. The first kappa shape index (κ1) is 12.2. The molecule has 0 aliphatic heterocycles. The Morgan fingerprint density at radius 1 is 0.625 bits per heavy atom. The predicted octanol–water partition coefficient (Wildman–Crippen LogP) is 2.77. The van der Waals surface area contributed by atoms with Crippen LogP contribution in [0.1, 0.15) is 0 Å². The van der Waals surface area contributed by atoms with Gasteiger partial charge in [0.15, 0.2) is 0 Å². The van der Waals surface area contributed by atoms with Crippen LogP contribution in [0.5, 0.6) is 0 Å². The Labute approximate surface area is 99.8 Å². The number of hydrogen-bond donors (Lipinski definition) is 3. The molecule has 2 rings (SSSR count).